The average Bonchev–Trinajstić information content (AvgIpc) is 2.87. The predicted molar refractivity (Wildman–Crippen MR) is 125 cm³/mol. The molecule has 1 aromatic carbocycles. The number of nitrogens with zero attached hydrogens (tertiary/aromatic N) is 3. The standard InChI is InChI=1S/C20H29F3N4O8S2/c1-34-15-14-25-8-6-19(7-9-25,18(28)24-29)36(30,31)27-12-10-26(11-13-27)16-2-4-17(5-3-16)35-37(32,33)20(21,22)23/h2-5,29H,6-15H2,1H3,(H,24,28). The van der Waals surface area contributed by atoms with Crippen LogP contribution in [0, 0.1) is 0 Å². The number of carbonyl (C=O) groups excluding carboxylic acids is 1. The highest BCUT2D eigenvalue weighted by Crippen LogP contribution is 2.35. The maximum Gasteiger partial charge on any atom is 0.534 e. The third kappa shape index (κ3) is 6.12. The summed E-state index contributed by atoms with van der Waals surface area (Å²) in [6.45, 7) is 2.15. The Kier molecular flexibility index (Phi) is 8.96. The molecule has 0 saturated carbocycles. The van der Waals surface area contributed by atoms with Gasteiger partial charge in [-0.2, -0.15) is 25.9 Å². The van der Waals surface area contributed by atoms with Crippen LogP contribution >= 0.6 is 0 Å². The van der Waals surface area contributed by atoms with E-state index in [1.54, 1.807) is 12.0 Å². The highest BCUT2D eigenvalue weighted by Gasteiger charge is 2.55. The summed E-state index contributed by atoms with van der Waals surface area (Å²) in [6, 6.07) is 4.86. The minimum absolute atomic E-state index is 0.00600. The summed E-state index contributed by atoms with van der Waals surface area (Å²) in [5.41, 5.74) is -3.52. The first kappa shape index (κ1) is 29.4. The van der Waals surface area contributed by atoms with E-state index in [1.807, 2.05) is 4.90 Å². The summed E-state index contributed by atoms with van der Waals surface area (Å²) in [5.74, 6) is -1.50. The first-order chi connectivity index (χ1) is 17.3. The molecule has 0 aromatic heterocycles. The molecule has 3 rings (SSSR count). The van der Waals surface area contributed by atoms with Crippen molar-refractivity contribution in [1.82, 2.24) is 14.7 Å². The molecule has 1 aromatic rings. The minimum atomic E-state index is -5.79. The predicted octanol–water partition coefficient (Wildman–Crippen LogP) is 0.353. The van der Waals surface area contributed by atoms with E-state index < -0.39 is 42.1 Å². The van der Waals surface area contributed by atoms with Crippen molar-refractivity contribution in [3.63, 3.8) is 0 Å². The summed E-state index contributed by atoms with van der Waals surface area (Å²) in [6.07, 6.45) is -0.0120. The number of ether oxygens (including phenoxy) is 1. The van der Waals surface area contributed by atoms with E-state index in [2.05, 4.69) is 4.18 Å². The second-order valence-corrected chi connectivity index (χ2v) is 12.4. The van der Waals surface area contributed by atoms with Crippen molar-refractivity contribution in [1.29, 1.82) is 0 Å². The molecule has 37 heavy (non-hydrogen) atoms. The van der Waals surface area contributed by atoms with Crippen molar-refractivity contribution >= 4 is 31.7 Å². The topological polar surface area (TPSA) is 146 Å². The summed E-state index contributed by atoms with van der Waals surface area (Å²) < 4.78 is 95.6. The van der Waals surface area contributed by atoms with E-state index in [-0.39, 0.29) is 39.0 Å². The van der Waals surface area contributed by atoms with E-state index in [0.29, 0.717) is 31.9 Å². The molecule has 17 heteroatoms. The maximum absolute atomic E-state index is 13.6. The number of methoxy groups -OCH3 is 1. The molecule has 1 amide bonds. The number of likely N-dealkylation sites (tertiary alicyclic amines) is 1. The van der Waals surface area contributed by atoms with Crippen LogP contribution in [0.5, 0.6) is 5.75 Å². The summed E-state index contributed by atoms with van der Waals surface area (Å²) in [4.78, 5) is 16.4. The van der Waals surface area contributed by atoms with Gasteiger partial charge in [-0.05, 0) is 37.1 Å². The fourth-order valence-electron chi connectivity index (χ4n) is 4.38. The van der Waals surface area contributed by atoms with E-state index in [4.69, 9.17) is 4.74 Å². The molecule has 0 spiro atoms. The van der Waals surface area contributed by atoms with Gasteiger partial charge in [0.1, 0.15) is 5.75 Å². The lowest BCUT2D eigenvalue weighted by Gasteiger charge is -2.44. The fraction of sp³-hybridized carbons (Fsp3) is 0.650. The molecule has 2 heterocycles. The molecule has 0 radical (unpaired) electrons. The second-order valence-electron chi connectivity index (χ2n) is 8.64. The molecule has 2 aliphatic rings. The molecule has 0 bridgehead atoms. The number of carbonyl (C=O) groups is 1. The molecular formula is C20H29F3N4O8S2. The van der Waals surface area contributed by atoms with Crippen molar-refractivity contribution in [2.24, 2.45) is 0 Å². The number of sulfonamides is 1. The molecule has 2 aliphatic heterocycles. The Labute approximate surface area is 213 Å². The van der Waals surface area contributed by atoms with Crippen molar-refractivity contribution in [2.45, 2.75) is 23.1 Å². The number of piperazine rings is 1. The lowest BCUT2D eigenvalue weighted by Crippen LogP contribution is -2.63. The number of benzene rings is 1. The molecule has 0 unspecified atom stereocenters. The molecule has 2 saturated heterocycles. The van der Waals surface area contributed by atoms with Gasteiger partial charge in [-0.3, -0.25) is 10.0 Å². The van der Waals surface area contributed by atoms with Crippen LogP contribution in [0.1, 0.15) is 12.8 Å². The summed E-state index contributed by atoms with van der Waals surface area (Å²) in [5, 5.41) is 9.31. The van der Waals surface area contributed by atoms with Gasteiger partial charge in [-0.1, -0.05) is 0 Å². The number of piperidine rings is 1. The van der Waals surface area contributed by atoms with E-state index in [9.17, 15) is 40.0 Å². The van der Waals surface area contributed by atoms with Crippen molar-refractivity contribution in [3.8, 4) is 5.75 Å². The monoisotopic (exact) mass is 574 g/mol. The van der Waals surface area contributed by atoms with Crippen LogP contribution in [0.3, 0.4) is 0 Å². The van der Waals surface area contributed by atoms with Gasteiger partial charge in [0, 0.05) is 58.6 Å². The van der Waals surface area contributed by atoms with E-state index >= 15 is 0 Å². The molecular weight excluding hydrogens is 545 g/mol. The van der Waals surface area contributed by atoms with E-state index in [0.717, 1.165) is 12.1 Å². The number of rotatable bonds is 9. The first-order valence-electron chi connectivity index (χ1n) is 11.3. The third-order valence-electron chi connectivity index (χ3n) is 6.55. The second kappa shape index (κ2) is 11.3. The van der Waals surface area contributed by atoms with Gasteiger partial charge >= 0.3 is 15.6 Å². The molecule has 2 fully saturated rings. The van der Waals surface area contributed by atoms with Gasteiger partial charge in [-0.25, -0.2) is 13.9 Å². The van der Waals surface area contributed by atoms with Gasteiger partial charge in [0.25, 0.3) is 5.91 Å². The molecule has 2 N–H and O–H groups in total. The van der Waals surface area contributed by atoms with Gasteiger partial charge in [0.2, 0.25) is 10.0 Å². The van der Waals surface area contributed by atoms with Gasteiger partial charge < -0.3 is 18.7 Å². The Morgan fingerprint density at radius 1 is 1.03 bits per heavy atom. The van der Waals surface area contributed by atoms with Crippen LogP contribution in [0.4, 0.5) is 18.9 Å². The highest BCUT2D eigenvalue weighted by molar-refractivity contribution is 7.91. The zero-order valence-corrected chi connectivity index (χ0v) is 21.6. The largest absolute Gasteiger partial charge is 0.534 e. The van der Waals surface area contributed by atoms with Crippen LogP contribution < -0.4 is 14.6 Å². The van der Waals surface area contributed by atoms with Crippen molar-refractivity contribution in [2.75, 3.05) is 64.4 Å². The molecule has 12 nitrogen and oxygen atoms in total. The number of hydrogen-bond donors (Lipinski definition) is 2. The SMILES string of the molecule is COCCN1CCC(C(=O)NO)(S(=O)(=O)N2CCN(c3ccc(OS(=O)(=O)C(F)(F)F)cc3)CC2)CC1. The summed E-state index contributed by atoms with van der Waals surface area (Å²) >= 11 is 0. The molecule has 0 atom stereocenters. The van der Waals surface area contributed by atoms with Crippen LogP contribution in [0.15, 0.2) is 24.3 Å². The van der Waals surface area contributed by atoms with Crippen molar-refractivity contribution in [3.05, 3.63) is 24.3 Å². The molecule has 0 aliphatic carbocycles. The lowest BCUT2D eigenvalue weighted by molar-refractivity contribution is -0.133. The Bertz CT molecular complexity index is 1150. The smallest absolute Gasteiger partial charge is 0.383 e. The number of anilines is 1. The zero-order valence-electron chi connectivity index (χ0n) is 20.0. The van der Waals surface area contributed by atoms with Gasteiger partial charge in [0.05, 0.1) is 6.61 Å². The Hall–Kier alpha value is -2.18. The molecule has 210 valence electrons. The van der Waals surface area contributed by atoms with Crippen LogP contribution in [0.2, 0.25) is 0 Å². The van der Waals surface area contributed by atoms with Crippen molar-refractivity contribution < 1.29 is 48.9 Å². The fourth-order valence-corrected chi connectivity index (χ4v) is 6.96. The van der Waals surface area contributed by atoms with Crippen LogP contribution in [-0.2, 0) is 29.7 Å². The number of nitrogens with one attached hydrogen (secondary N) is 1. The number of hydrogen-bond acceptors (Lipinski definition) is 10. The lowest BCUT2D eigenvalue weighted by atomic mass is 9.95. The Morgan fingerprint density at radius 3 is 2.08 bits per heavy atom. The minimum Gasteiger partial charge on any atom is -0.383 e. The average molecular weight is 575 g/mol. The third-order valence-corrected chi connectivity index (χ3v) is 10.2. The zero-order chi connectivity index (χ0) is 27.5. The van der Waals surface area contributed by atoms with Gasteiger partial charge in [0.15, 0.2) is 4.75 Å². The maximum atomic E-state index is 13.6. The van der Waals surface area contributed by atoms with Crippen LogP contribution in [-0.4, -0.2) is 107 Å². The number of alkyl halides is 3. The first-order valence-corrected chi connectivity index (χ1v) is 14.1. The number of halogens is 3. The van der Waals surface area contributed by atoms with E-state index in [1.165, 1.54) is 21.9 Å². The normalized spacial score (nSPS) is 20.0. The summed E-state index contributed by atoms with van der Waals surface area (Å²) in [7, 11) is -8.40. The Morgan fingerprint density at radius 2 is 1.59 bits per heavy atom. The van der Waals surface area contributed by atoms with Gasteiger partial charge in [-0.15, -0.1) is 0 Å². The van der Waals surface area contributed by atoms with Crippen LogP contribution in [0.25, 0.3) is 0 Å². The number of hydroxylamine groups is 1. The highest BCUT2D eigenvalue weighted by atomic mass is 32.2. The Balaban J connectivity index is 1.67. The number of amides is 1. The quantitative estimate of drug-likeness (QED) is 0.183.